The van der Waals surface area contributed by atoms with Crippen LogP contribution in [0.25, 0.3) is 11.1 Å². The minimum atomic E-state index is -4.89. The van der Waals surface area contributed by atoms with Crippen molar-refractivity contribution in [2.24, 2.45) is 0 Å². The van der Waals surface area contributed by atoms with E-state index in [0.717, 1.165) is 6.07 Å². The number of alkyl halides is 6. The molecule has 0 aliphatic heterocycles. The van der Waals surface area contributed by atoms with Crippen molar-refractivity contribution in [2.45, 2.75) is 51.9 Å². The SMILES string of the molecule is CC(C)c1cccc(C(C)C)c1-c1c(C(F)(F)F)cccc1C(F)(F)F. The minimum absolute atomic E-state index is 0.0396. The van der Waals surface area contributed by atoms with Crippen LogP contribution in [0.3, 0.4) is 0 Å². The zero-order valence-corrected chi connectivity index (χ0v) is 14.9. The molecule has 142 valence electrons. The lowest BCUT2D eigenvalue weighted by Gasteiger charge is -2.25. The summed E-state index contributed by atoms with van der Waals surface area (Å²) in [7, 11) is 0. The zero-order valence-electron chi connectivity index (χ0n) is 14.9. The molecule has 0 saturated heterocycles. The molecule has 6 heteroatoms. The molecule has 2 aromatic carbocycles. The summed E-state index contributed by atoms with van der Waals surface area (Å²) in [5.74, 6) is -0.461. The molecule has 2 rings (SSSR count). The van der Waals surface area contributed by atoms with Crippen molar-refractivity contribution in [3.05, 3.63) is 58.7 Å². The summed E-state index contributed by atoms with van der Waals surface area (Å²) in [6, 6.07) is 7.11. The van der Waals surface area contributed by atoms with Crippen molar-refractivity contribution in [3.63, 3.8) is 0 Å². The van der Waals surface area contributed by atoms with Gasteiger partial charge in [0.2, 0.25) is 0 Å². The summed E-state index contributed by atoms with van der Waals surface area (Å²) in [6.07, 6.45) is -9.79. The van der Waals surface area contributed by atoms with Gasteiger partial charge in [-0.3, -0.25) is 0 Å². The van der Waals surface area contributed by atoms with Crippen molar-refractivity contribution in [3.8, 4) is 11.1 Å². The summed E-state index contributed by atoms with van der Waals surface area (Å²) in [6.45, 7) is 7.03. The highest BCUT2D eigenvalue weighted by atomic mass is 19.4. The Hall–Kier alpha value is -1.98. The maximum Gasteiger partial charge on any atom is 0.417 e. The molecule has 0 saturated carbocycles. The lowest BCUT2D eigenvalue weighted by molar-refractivity contribution is -0.142. The summed E-state index contributed by atoms with van der Waals surface area (Å²) in [5, 5.41) is 0. The first-order valence-corrected chi connectivity index (χ1v) is 8.26. The third kappa shape index (κ3) is 3.89. The van der Waals surface area contributed by atoms with Gasteiger partial charge in [-0.05, 0) is 40.7 Å². The van der Waals surface area contributed by atoms with E-state index in [4.69, 9.17) is 0 Å². The van der Waals surface area contributed by atoms with Crippen molar-refractivity contribution in [1.29, 1.82) is 0 Å². The van der Waals surface area contributed by atoms with Gasteiger partial charge in [-0.25, -0.2) is 0 Å². The molecular formula is C20H20F6. The summed E-state index contributed by atoms with van der Waals surface area (Å²) < 4.78 is 81.6. The van der Waals surface area contributed by atoms with E-state index in [1.165, 1.54) is 0 Å². The first-order valence-electron chi connectivity index (χ1n) is 8.26. The monoisotopic (exact) mass is 374 g/mol. The fourth-order valence-electron chi connectivity index (χ4n) is 3.13. The van der Waals surface area contributed by atoms with Gasteiger partial charge in [-0.2, -0.15) is 26.3 Å². The average Bonchev–Trinajstić information content (AvgIpc) is 2.51. The number of halogens is 6. The Morgan fingerprint density at radius 2 is 0.923 bits per heavy atom. The topological polar surface area (TPSA) is 0 Å². The van der Waals surface area contributed by atoms with Gasteiger partial charge in [0.1, 0.15) is 0 Å². The molecule has 0 heterocycles. The predicted molar refractivity (Wildman–Crippen MR) is 90.1 cm³/mol. The Balaban J connectivity index is 3.05. The molecular weight excluding hydrogens is 354 g/mol. The Morgan fingerprint density at radius 3 is 1.23 bits per heavy atom. The second-order valence-electron chi connectivity index (χ2n) is 6.84. The summed E-state index contributed by atoms with van der Waals surface area (Å²) in [5.41, 5.74) is -2.32. The smallest absolute Gasteiger partial charge is 0.166 e. The van der Waals surface area contributed by atoms with Crippen LogP contribution in [0, 0.1) is 0 Å². The summed E-state index contributed by atoms with van der Waals surface area (Å²) in [4.78, 5) is 0. The largest absolute Gasteiger partial charge is 0.417 e. The van der Waals surface area contributed by atoms with Gasteiger partial charge in [-0.1, -0.05) is 52.0 Å². The van der Waals surface area contributed by atoms with Gasteiger partial charge < -0.3 is 0 Å². The van der Waals surface area contributed by atoms with Crippen molar-refractivity contribution >= 4 is 0 Å². The Labute approximate surface area is 148 Å². The fraction of sp³-hybridized carbons (Fsp3) is 0.400. The maximum absolute atomic E-state index is 13.6. The van der Waals surface area contributed by atoms with Crippen molar-refractivity contribution < 1.29 is 26.3 Å². The van der Waals surface area contributed by atoms with E-state index in [2.05, 4.69) is 0 Å². The number of benzene rings is 2. The van der Waals surface area contributed by atoms with Gasteiger partial charge in [0.25, 0.3) is 0 Å². The van der Waals surface area contributed by atoms with Gasteiger partial charge in [0, 0.05) is 5.56 Å². The molecule has 26 heavy (non-hydrogen) atoms. The van der Waals surface area contributed by atoms with Crippen LogP contribution in [0.15, 0.2) is 36.4 Å². The molecule has 0 N–H and O–H groups in total. The molecule has 0 fully saturated rings. The normalized spacial score (nSPS) is 12.9. The highest BCUT2D eigenvalue weighted by molar-refractivity contribution is 5.79. The molecule has 0 atom stereocenters. The van der Waals surface area contributed by atoms with Crippen molar-refractivity contribution in [1.82, 2.24) is 0 Å². The van der Waals surface area contributed by atoms with Gasteiger partial charge in [0.15, 0.2) is 0 Å². The molecule has 0 amide bonds. The number of hydrogen-bond donors (Lipinski definition) is 0. The van der Waals surface area contributed by atoms with Crippen LogP contribution in [-0.4, -0.2) is 0 Å². The minimum Gasteiger partial charge on any atom is -0.166 e. The van der Waals surface area contributed by atoms with E-state index in [1.807, 2.05) is 0 Å². The summed E-state index contributed by atoms with van der Waals surface area (Å²) >= 11 is 0. The number of rotatable bonds is 3. The number of hydrogen-bond acceptors (Lipinski definition) is 0. The Morgan fingerprint density at radius 1 is 0.577 bits per heavy atom. The third-order valence-electron chi connectivity index (χ3n) is 4.30. The fourth-order valence-corrected chi connectivity index (χ4v) is 3.13. The third-order valence-corrected chi connectivity index (χ3v) is 4.30. The molecule has 0 aliphatic carbocycles. The highest BCUT2D eigenvalue weighted by Gasteiger charge is 2.42. The second kappa shape index (κ2) is 6.97. The quantitative estimate of drug-likeness (QED) is 0.484. The first-order chi connectivity index (χ1) is 11.9. The van der Waals surface area contributed by atoms with Gasteiger partial charge in [-0.15, -0.1) is 0 Å². The van der Waals surface area contributed by atoms with E-state index in [-0.39, 0.29) is 17.4 Å². The van der Waals surface area contributed by atoms with E-state index in [1.54, 1.807) is 45.9 Å². The molecule has 0 radical (unpaired) electrons. The molecule has 0 aliphatic rings. The first kappa shape index (κ1) is 20.3. The van der Waals surface area contributed by atoms with Crippen LogP contribution in [0.2, 0.25) is 0 Å². The molecule has 2 aromatic rings. The van der Waals surface area contributed by atoms with Crippen LogP contribution >= 0.6 is 0 Å². The standard InChI is InChI=1S/C20H20F6/c1-11(2)13-7-5-8-14(12(3)4)17(13)18-15(19(21,22)23)9-6-10-16(18)20(24,25)26/h5-12H,1-4H3. The molecule has 0 unspecified atom stereocenters. The Kier molecular flexibility index (Phi) is 5.45. The molecule has 0 spiro atoms. The van der Waals surface area contributed by atoms with Crippen molar-refractivity contribution in [2.75, 3.05) is 0 Å². The van der Waals surface area contributed by atoms with Crippen LogP contribution < -0.4 is 0 Å². The van der Waals surface area contributed by atoms with Gasteiger partial charge >= 0.3 is 12.4 Å². The lowest BCUT2D eigenvalue weighted by atomic mass is 9.81. The Bertz CT molecular complexity index is 723. The molecule has 0 aromatic heterocycles. The van der Waals surface area contributed by atoms with E-state index < -0.39 is 29.0 Å². The molecule has 0 bridgehead atoms. The molecule has 0 nitrogen and oxygen atoms in total. The van der Waals surface area contributed by atoms with Crippen LogP contribution in [-0.2, 0) is 12.4 Å². The van der Waals surface area contributed by atoms with E-state index >= 15 is 0 Å². The van der Waals surface area contributed by atoms with Crippen LogP contribution in [0.4, 0.5) is 26.3 Å². The van der Waals surface area contributed by atoms with E-state index in [0.29, 0.717) is 23.3 Å². The van der Waals surface area contributed by atoms with Crippen LogP contribution in [0.5, 0.6) is 0 Å². The maximum atomic E-state index is 13.6. The second-order valence-corrected chi connectivity index (χ2v) is 6.84. The zero-order chi connectivity index (χ0) is 19.9. The predicted octanol–water partition coefficient (Wildman–Crippen LogP) is 7.64. The average molecular weight is 374 g/mol. The van der Waals surface area contributed by atoms with Crippen LogP contribution in [0.1, 0.15) is 61.8 Å². The van der Waals surface area contributed by atoms with Gasteiger partial charge in [0.05, 0.1) is 11.1 Å². The highest BCUT2D eigenvalue weighted by Crippen LogP contribution is 2.48. The van der Waals surface area contributed by atoms with E-state index in [9.17, 15) is 26.3 Å². The lowest BCUT2D eigenvalue weighted by Crippen LogP contribution is -2.16.